The SMILES string of the molecule is CN1C2C=C(c3ccc4ccccc4c3)CC1C(N1CCCC1)C2. The molecule has 2 fully saturated rings. The maximum atomic E-state index is 2.76. The van der Waals surface area contributed by atoms with Gasteiger partial charge >= 0.3 is 0 Å². The number of likely N-dealkylation sites (tertiary alicyclic amines) is 1. The third kappa shape index (κ3) is 2.32. The zero-order valence-electron chi connectivity index (χ0n) is 14.5. The molecule has 0 aliphatic carbocycles. The molecule has 0 spiro atoms. The molecule has 24 heavy (non-hydrogen) atoms. The van der Waals surface area contributed by atoms with Gasteiger partial charge in [0.15, 0.2) is 0 Å². The van der Waals surface area contributed by atoms with Gasteiger partial charge in [-0.25, -0.2) is 0 Å². The van der Waals surface area contributed by atoms with Gasteiger partial charge in [-0.2, -0.15) is 0 Å². The van der Waals surface area contributed by atoms with E-state index in [1.807, 2.05) is 0 Å². The first-order chi connectivity index (χ1) is 11.8. The van der Waals surface area contributed by atoms with Crippen LogP contribution in [0.1, 0.15) is 31.2 Å². The van der Waals surface area contributed by atoms with E-state index in [-0.39, 0.29) is 0 Å². The largest absolute Gasteiger partial charge is 0.299 e. The highest BCUT2D eigenvalue weighted by Crippen LogP contribution is 2.40. The minimum atomic E-state index is 0.621. The average molecular weight is 318 g/mol. The van der Waals surface area contributed by atoms with Gasteiger partial charge < -0.3 is 0 Å². The van der Waals surface area contributed by atoms with Gasteiger partial charge in [0.25, 0.3) is 0 Å². The smallest absolute Gasteiger partial charge is 0.0300 e. The fraction of sp³-hybridized carbons (Fsp3) is 0.455. The fourth-order valence-corrected chi connectivity index (χ4v) is 5.15. The second-order valence-electron chi connectivity index (χ2n) is 7.80. The Labute approximate surface area is 144 Å². The number of fused-ring (bicyclic) bond motifs is 3. The second kappa shape index (κ2) is 5.72. The molecule has 0 saturated carbocycles. The van der Waals surface area contributed by atoms with Gasteiger partial charge in [0.1, 0.15) is 0 Å². The van der Waals surface area contributed by atoms with E-state index in [0.717, 1.165) is 6.04 Å². The molecular weight excluding hydrogens is 292 g/mol. The van der Waals surface area contributed by atoms with E-state index < -0.39 is 0 Å². The lowest BCUT2D eigenvalue weighted by molar-refractivity contribution is 0.176. The molecule has 124 valence electrons. The van der Waals surface area contributed by atoms with E-state index in [9.17, 15) is 0 Å². The van der Waals surface area contributed by atoms with Crippen LogP contribution in [-0.4, -0.2) is 48.1 Å². The molecule has 2 saturated heterocycles. The summed E-state index contributed by atoms with van der Waals surface area (Å²) >= 11 is 0. The first-order valence-corrected chi connectivity index (χ1v) is 9.45. The third-order valence-corrected chi connectivity index (χ3v) is 6.53. The summed E-state index contributed by atoms with van der Waals surface area (Å²) in [6.45, 7) is 2.63. The van der Waals surface area contributed by atoms with Crippen molar-refractivity contribution in [1.29, 1.82) is 0 Å². The van der Waals surface area contributed by atoms with E-state index in [1.165, 1.54) is 55.1 Å². The van der Waals surface area contributed by atoms with Crippen LogP contribution in [0.15, 0.2) is 48.5 Å². The highest BCUT2D eigenvalue weighted by Gasteiger charge is 2.44. The van der Waals surface area contributed by atoms with Crippen LogP contribution in [-0.2, 0) is 0 Å². The Morgan fingerprint density at radius 3 is 2.54 bits per heavy atom. The Kier molecular flexibility index (Phi) is 3.50. The minimum absolute atomic E-state index is 0.621. The molecule has 2 bridgehead atoms. The lowest BCUT2D eigenvalue weighted by atomic mass is 9.92. The van der Waals surface area contributed by atoms with Crippen molar-refractivity contribution in [2.24, 2.45) is 0 Å². The maximum absolute atomic E-state index is 2.76. The van der Waals surface area contributed by atoms with Crippen molar-refractivity contribution in [2.75, 3.05) is 20.1 Å². The van der Waals surface area contributed by atoms with Gasteiger partial charge in [-0.3, -0.25) is 9.80 Å². The van der Waals surface area contributed by atoms with Crippen LogP contribution in [0.25, 0.3) is 16.3 Å². The van der Waals surface area contributed by atoms with Gasteiger partial charge in [-0.15, -0.1) is 0 Å². The van der Waals surface area contributed by atoms with Crippen LogP contribution >= 0.6 is 0 Å². The van der Waals surface area contributed by atoms with Crippen LogP contribution in [0, 0.1) is 0 Å². The molecule has 3 aliphatic heterocycles. The summed E-state index contributed by atoms with van der Waals surface area (Å²) in [4.78, 5) is 5.39. The van der Waals surface area contributed by atoms with Crippen molar-refractivity contribution >= 4 is 16.3 Å². The van der Waals surface area contributed by atoms with Crippen molar-refractivity contribution in [3.05, 3.63) is 54.1 Å². The Balaban J connectivity index is 1.46. The molecule has 5 rings (SSSR count). The molecule has 0 aromatic heterocycles. The summed E-state index contributed by atoms with van der Waals surface area (Å²) in [5.41, 5.74) is 2.99. The molecule has 3 atom stereocenters. The zero-order chi connectivity index (χ0) is 16.1. The topological polar surface area (TPSA) is 6.48 Å². The Hall–Kier alpha value is -1.64. The van der Waals surface area contributed by atoms with E-state index in [0.29, 0.717) is 12.1 Å². The summed E-state index contributed by atoms with van der Waals surface area (Å²) in [6, 6.07) is 17.8. The molecule has 0 N–H and O–H groups in total. The van der Waals surface area contributed by atoms with Crippen molar-refractivity contribution in [3.8, 4) is 0 Å². The van der Waals surface area contributed by atoms with Crippen molar-refractivity contribution in [3.63, 3.8) is 0 Å². The molecule has 2 heteroatoms. The molecule has 3 aliphatic rings. The Bertz CT molecular complexity index is 787. The van der Waals surface area contributed by atoms with E-state index in [1.54, 1.807) is 5.57 Å². The normalized spacial score (nSPS) is 30.9. The lowest BCUT2D eigenvalue weighted by Crippen LogP contribution is -2.44. The van der Waals surface area contributed by atoms with Crippen molar-refractivity contribution < 1.29 is 0 Å². The van der Waals surface area contributed by atoms with Gasteiger partial charge in [0, 0.05) is 18.1 Å². The number of benzene rings is 2. The van der Waals surface area contributed by atoms with Crippen LogP contribution in [0.5, 0.6) is 0 Å². The van der Waals surface area contributed by atoms with Crippen LogP contribution < -0.4 is 0 Å². The second-order valence-corrected chi connectivity index (χ2v) is 7.80. The van der Waals surface area contributed by atoms with Gasteiger partial charge in [0.2, 0.25) is 0 Å². The van der Waals surface area contributed by atoms with Gasteiger partial charge in [0.05, 0.1) is 0 Å². The number of nitrogens with zero attached hydrogens (tertiary/aromatic N) is 2. The Morgan fingerprint density at radius 1 is 0.917 bits per heavy atom. The van der Waals surface area contributed by atoms with Crippen molar-refractivity contribution in [1.82, 2.24) is 9.80 Å². The molecule has 2 aromatic rings. The number of rotatable bonds is 2. The third-order valence-electron chi connectivity index (χ3n) is 6.53. The monoisotopic (exact) mass is 318 g/mol. The zero-order valence-corrected chi connectivity index (χ0v) is 14.5. The summed E-state index contributed by atoms with van der Waals surface area (Å²) in [5.74, 6) is 0. The quantitative estimate of drug-likeness (QED) is 0.820. The Morgan fingerprint density at radius 2 is 1.71 bits per heavy atom. The molecule has 0 radical (unpaired) electrons. The predicted molar refractivity (Wildman–Crippen MR) is 101 cm³/mol. The number of likely N-dealkylation sites (N-methyl/N-ethyl adjacent to an activating group) is 1. The van der Waals surface area contributed by atoms with Crippen LogP contribution in [0.4, 0.5) is 0 Å². The molecule has 3 heterocycles. The van der Waals surface area contributed by atoms with Crippen LogP contribution in [0.3, 0.4) is 0 Å². The summed E-state index contributed by atoms with van der Waals surface area (Å²) in [7, 11) is 2.33. The lowest BCUT2D eigenvalue weighted by Gasteiger charge is -2.35. The molecular formula is C22H26N2. The highest BCUT2D eigenvalue weighted by atomic mass is 15.3. The summed E-state index contributed by atoms with van der Waals surface area (Å²) < 4.78 is 0. The van der Waals surface area contributed by atoms with Crippen LogP contribution in [0.2, 0.25) is 0 Å². The number of hydrogen-bond acceptors (Lipinski definition) is 2. The summed E-state index contributed by atoms with van der Waals surface area (Å²) in [5, 5.41) is 2.70. The standard InChI is InChI=1S/C22H26N2/c1-23-20-13-19(14-21(23)22(15-20)24-10-4-5-11-24)18-9-8-16-6-2-3-7-17(16)12-18/h2-3,6-9,12-13,20-22H,4-5,10-11,14-15H2,1H3. The predicted octanol–water partition coefficient (Wildman–Crippen LogP) is 4.16. The average Bonchev–Trinajstić information content (AvgIpc) is 3.19. The molecule has 2 aromatic carbocycles. The highest BCUT2D eigenvalue weighted by molar-refractivity contribution is 5.86. The van der Waals surface area contributed by atoms with Gasteiger partial charge in [-0.1, -0.05) is 42.5 Å². The van der Waals surface area contributed by atoms with Crippen molar-refractivity contribution in [2.45, 2.75) is 43.8 Å². The van der Waals surface area contributed by atoms with E-state index in [2.05, 4.69) is 65.4 Å². The minimum Gasteiger partial charge on any atom is -0.299 e. The fourth-order valence-electron chi connectivity index (χ4n) is 5.15. The number of hydrogen-bond donors (Lipinski definition) is 0. The van der Waals surface area contributed by atoms with E-state index in [4.69, 9.17) is 0 Å². The molecule has 0 amide bonds. The first-order valence-electron chi connectivity index (χ1n) is 9.45. The molecule has 3 unspecified atom stereocenters. The molecule has 2 nitrogen and oxygen atoms in total. The van der Waals surface area contributed by atoms with E-state index >= 15 is 0 Å². The maximum Gasteiger partial charge on any atom is 0.0300 e. The summed E-state index contributed by atoms with van der Waals surface area (Å²) in [6.07, 6.45) is 7.85. The first kappa shape index (κ1) is 14.7. The van der Waals surface area contributed by atoms with Gasteiger partial charge in [-0.05, 0) is 73.8 Å².